The summed E-state index contributed by atoms with van der Waals surface area (Å²) in [6.07, 6.45) is -7.37. The number of anilines is 1. The summed E-state index contributed by atoms with van der Waals surface area (Å²) in [5.41, 5.74) is 0.141. The molecule has 90 valence electrons. The van der Waals surface area contributed by atoms with Crippen molar-refractivity contribution in [1.29, 1.82) is 0 Å². The maximum absolute atomic E-state index is 11.8. The van der Waals surface area contributed by atoms with Crippen LogP contribution in [0.4, 0.5) is 27.6 Å². The molecule has 0 heterocycles. The van der Waals surface area contributed by atoms with Crippen LogP contribution in [0.2, 0.25) is 0 Å². The molecule has 0 aromatic heterocycles. The van der Waals surface area contributed by atoms with E-state index in [1.165, 1.54) is 12.1 Å². The minimum Gasteiger partial charge on any atom is -0.406 e. The average Bonchev–Trinajstić information content (AvgIpc) is 2.12. The van der Waals surface area contributed by atoms with E-state index in [2.05, 4.69) is 10.1 Å². The first kappa shape index (κ1) is 12.5. The van der Waals surface area contributed by atoms with E-state index >= 15 is 0 Å². The van der Waals surface area contributed by atoms with Crippen molar-refractivity contribution in [2.24, 2.45) is 0 Å². The molecule has 1 rings (SSSR count). The monoisotopic (exact) mass is 241 g/mol. The third-order valence-corrected chi connectivity index (χ3v) is 1.53. The molecule has 0 fully saturated rings. The van der Waals surface area contributed by atoms with Gasteiger partial charge < -0.3 is 10.1 Å². The van der Waals surface area contributed by atoms with Crippen LogP contribution >= 0.6 is 0 Å². The maximum atomic E-state index is 11.8. The fourth-order valence-electron chi connectivity index (χ4n) is 0.998. The Labute approximate surface area is 88.0 Å². The number of halogens is 5. The van der Waals surface area contributed by atoms with Crippen LogP contribution < -0.4 is 10.1 Å². The summed E-state index contributed by atoms with van der Waals surface area (Å²) >= 11 is 0. The van der Waals surface area contributed by atoms with Crippen molar-refractivity contribution in [1.82, 2.24) is 0 Å². The second-order valence-corrected chi connectivity index (χ2v) is 2.85. The molecule has 1 N–H and O–H groups in total. The van der Waals surface area contributed by atoms with Gasteiger partial charge >= 0.3 is 6.36 Å². The molecule has 0 bridgehead atoms. The van der Waals surface area contributed by atoms with Crippen LogP contribution in [0.3, 0.4) is 0 Å². The van der Waals surface area contributed by atoms with Gasteiger partial charge in [0.25, 0.3) is 6.43 Å². The van der Waals surface area contributed by atoms with Gasteiger partial charge in [0.2, 0.25) is 0 Å². The Morgan fingerprint density at radius 2 is 1.94 bits per heavy atom. The average molecular weight is 241 g/mol. The number of hydrogen-bond acceptors (Lipinski definition) is 2. The zero-order chi connectivity index (χ0) is 12.2. The van der Waals surface area contributed by atoms with E-state index in [1.807, 2.05) is 0 Å². The number of ether oxygens (including phenoxy) is 1. The molecule has 0 amide bonds. The molecule has 0 saturated carbocycles. The summed E-state index contributed by atoms with van der Waals surface area (Å²) in [6, 6.07) is 4.72. The molecular weight excluding hydrogens is 233 g/mol. The molecule has 0 unspecified atom stereocenters. The SMILES string of the molecule is FC(F)CNc1cccc(OC(F)(F)F)c1. The Morgan fingerprint density at radius 1 is 1.25 bits per heavy atom. The van der Waals surface area contributed by atoms with E-state index < -0.39 is 25.1 Å². The lowest BCUT2D eigenvalue weighted by Gasteiger charge is -2.10. The molecule has 0 radical (unpaired) electrons. The first-order valence-corrected chi connectivity index (χ1v) is 4.24. The number of benzene rings is 1. The lowest BCUT2D eigenvalue weighted by molar-refractivity contribution is -0.274. The normalized spacial score (nSPS) is 11.6. The summed E-state index contributed by atoms with van der Waals surface area (Å²) in [7, 11) is 0. The van der Waals surface area contributed by atoms with Gasteiger partial charge in [-0.2, -0.15) is 0 Å². The van der Waals surface area contributed by atoms with Gasteiger partial charge in [-0.05, 0) is 12.1 Å². The fourth-order valence-corrected chi connectivity index (χ4v) is 0.998. The first-order valence-electron chi connectivity index (χ1n) is 4.24. The molecule has 0 aliphatic rings. The van der Waals surface area contributed by atoms with Crippen LogP contribution in [-0.2, 0) is 0 Å². The Morgan fingerprint density at radius 3 is 2.50 bits per heavy atom. The summed E-state index contributed by atoms with van der Waals surface area (Å²) in [5, 5.41) is 2.27. The van der Waals surface area contributed by atoms with E-state index in [0.29, 0.717) is 0 Å². The predicted octanol–water partition coefficient (Wildman–Crippen LogP) is 3.26. The summed E-state index contributed by atoms with van der Waals surface area (Å²) in [6.45, 7) is -0.629. The van der Waals surface area contributed by atoms with Gasteiger partial charge in [-0.3, -0.25) is 0 Å². The van der Waals surface area contributed by atoms with Crippen LogP contribution in [0.1, 0.15) is 0 Å². The third kappa shape index (κ3) is 4.81. The Balaban J connectivity index is 2.64. The minimum absolute atomic E-state index is 0.141. The first-order chi connectivity index (χ1) is 7.37. The number of nitrogens with one attached hydrogen (secondary N) is 1. The van der Waals surface area contributed by atoms with Crippen LogP contribution in [0.15, 0.2) is 24.3 Å². The highest BCUT2D eigenvalue weighted by Gasteiger charge is 2.31. The van der Waals surface area contributed by atoms with Gasteiger partial charge in [-0.1, -0.05) is 6.07 Å². The third-order valence-electron chi connectivity index (χ3n) is 1.53. The van der Waals surface area contributed by atoms with Crippen LogP contribution in [-0.4, -0.2) is 19.3 Å². The largest absolute Gasteiger partial charge is 0.573 e. The second kappa shape index (κ2) is 5.00. The van der Waals surface area contributed by atoms with Crippen molar-refractivity contribution in [3.63, 3.8) is 0 Å². The smallest absolute Gasteiger partial charge is 0.406 e. The number of alkyl halides is 5. The standard InChI is InChI=1S/C9H8F5NO/c10-8(11)5-15-6-2-1-3-7(4-6)16-9(12,13)14/h1-4,8,15H,5H2. The van der Waals surface area contributed by atoms with Crippen molar-refractivity contribution < 1.29 is 26.7 Å². The molecule has 2 nitrogen and oxygen atoms in total. The molecule has 1 aromatic carbocycles. The van der Waals surface area contributed by atoms with Crippen molar-refractivity contribution in [2.45, 2.75) is 12.8 Å². The van der Waals surface area contributed by atoms with E-state index in [9.17, 15) is 22.0 Å². The highest BCUT2D eigenvalue weighted by atomic mass is 19.4. The Bertz CT molecular complexity index is 339. The molecule has 16 heavy (non-hydrogen) atoms. The summed E-state index contributed by atoms with van der Waals surface area (Å²) in [5.74, 6) is -0.452. The summed E-state index contributed by atoms with van der Waals surface area (Å²) in [4.78, 5) is 0. The van der Waals surface area contributed by atoms with E-state index in [4.69, 9.17) is 0 Å². The van der Waals surface area contributed by atoms with Gasteiger partial charge in [0, 0.05) is 11.8 Å². The zero-order valence-corrected chi connectivity index (χ0v) is 7.89. The van der Waals surface area contributed by atoms with Gasteiger partial charge in [-0.25, -0.2) is 8.78 Å². The molecular formula is C9H8F5NO. The van der Waals surface area contributed by atoms with Crippen molar-refractivity contribution in [3.05, 3.63) is 24.3 Å². The molecule has 0 atom stereocenters. The van der Waals surface area contributed by atoms with Crippen molar-refractivity contribution in [3.8, 4) is 5.75 Å². The van der Waals surface area contributed by atoms with Crippen LogP contribution in [0.5, 0.6) is 5.75 Å². The van der Waals surface area contributed by atoms with Gasteiger partial charge in [0.05, 0.1) is 6.54 Å². The molecule has 0 aliphatic carbocycles. The van der Waals surface area contributed by atoms with Crippen molar-refractivity contribution >= 4 is 5.69 Å². The van der Waals surface area contributed by atoms with Gasteiger partial charge in [0.1, 0.15) is 5.75 Å². The van der Waals surface area contributed by atoms with E-state index in [-0.39, 0.29) is 5.69 Å². The maximum Gasteiger partial charge on any atom is 0.573 e. The highest BCUT2D eigenvalue weighted by molar-refractivity contribution is 5.48. The van der Waals surface area contributed by atoms with Gasteiger partial charge in [-0.15, -0.1) is 13.2 Å². The molecule has 0 spiro atoms. The quantitative estimate of drug-likeness (QED) is 0.817. The van der Waals surface area contributed by atoms with Gasteiger partial charge in [0.15, 0.2) is 0 Å². The Hall–Kier alpha value is -1.53. The number of hydrogen-bond donors (Lipinski definition) is 1. The second-order valence-electron chi connectivity index (χ2n) is 2.85. The molecule has 0 aliphatic heterocycles. The fraction of sp³-hybridized carbons (Fsp3) is 0.333. The molecule has 0 saturated heterocycles. The number of rotatable bonds is 4. The van der Waals surface area contributed by atoms with Crippen molar-refractivity contribution in [2.75, 3.05) is 11.9 Å². The Kier molecular flexibility index (Phi) is 3.92. The van der Waals surface area contributed by atoms with E-state index in [1.54, 1.807) is 0 Å². The highest BCUT2D eigenvalue weighted by Crippen LogP contribution is 2.24. The minimum atomic E-state index is -4.79. The predicted molar refractivity (Wildman–Crippen MR) is 47.6 cm³/mol. The topological polar surface area (TPSA) is 21.3 Å². The summed E-state index contributed by atoms with van der Waals surface area (Å²) < 4.78 is 62.7. The zero-order valence-electron chi connectivity index (χ0n) is 7.89. The molecule has 1 aromatic rings. The van der Waals surface area contributed by atoms with E-state index in [0.717, 1.165) is 12.1 Å². The molecule has 7 heteroatoms. The lowest BCUT2D eigenvalue weighted by Crippen LogP contribution is -2.17. The van der Waals surface area contributed by atoms with Crippen LogP contribution in [0.25, 0.3) is 0 Å². The lowest BCUT2D eigenvalue weighted by atomic mass is 10.3. The van der Waals surface area contributed by atoms with Crippen LogP contribution in [0, 0.1) is 0 Å².